The van der Waals surface area contributed by atoms with E-state index < -0.39 is 0 Å². The molecule has 1 aromatic carbocycles. The van der Waals surface area contributed by atoms with Crippen molar-refractivity contribution in [3.8, 4) is 0 Å². The Morgan fingerprint density at radius 2 is 1.97 bits per heavy atom. The molecule has 1 fully saturated rings. The molecule has 3 aromatic heterocycles. The largest absolute Gasteiger partial charge is 0.440 e. The average molecular weight is 487 g/mol. The zero-order valence-electron chi connectivity index (χ0n) is 19.3. The fraction of sp³-hybridized carbons (Fsp3) is 0.333. The van der Waals surface area contributed by atoms with Gasteiger partial charge in [-0.2, -0.15) is 0 Å². The lowest BCUT2D eigenvalue weighted by Gasteiger charge is -2.32. The molecule has 1 aliphatic carbocycles. The number of hydrogen-bond acceptors (Lipinski definition) is 6. The standard InChI is InChI=1S/C27H26N4O3S/c32-24(17-7-5-13-28-15-17)30-26-23(19-9-1-4-12-22(19)35-26)27(33)31-14-6-8-18(16-31)25-29-20-10-2-3-11-21(20)34-25/h2-3,5,7,10-11,13,15,18H,1,4,6,8-9,12,14,16H2,(H,30,32). The van der Waals surface area contributed by atoms with Gasteiger partial charge in [-0.3, -0.25) is 14.6 Å². The fourth-order valence-corrected chi connectivity index (χ4v) is 6.41. The minimum Gasteiger partial charge on any atom is -0.440 e. The second kappa shape index (κ2) is 9.26. The zero-order valence-corrected chi connectivity index (χ0v) is 20.1. The highest BCUT2D eigenvalue weighted by molar-refractivity contribution is 7.17. The minimum atomic E-state index is -0.242. The number of likely N-dealkylation sites (tertiary alicyclic amines) is 1. The number of fused-ring (bicyclic) bond motifs is 2. The van der Waals surface area contributed by atoms with Crippen LogP contribution in [0.1, 0.15) is 68.6 Å². The molecule has 1 N–H and O–H groups in total. The first-order chi connectivity index (χ1) is 17.2. The van der Waals surface area contributed by atoms with Crippen LogP contribution in [0.25, 0.3) is 11.1 Å². The quantitative estimate of drug-likeness (QED) is 0.415. The van der Waals surface area contributed by atoms with Crippen molar-refractivity contribution in [2.24, 2.45) is 0 Å². The summed E-state index contributed by atoms with van der Waals surface area (Å²) >= 11 is 1.55. The van der Waals surface area contributed by atoms with Gasteiger partial charge in [0, 0.05) is 30.4 Å². The highest BCUT2D eigenvalue weighted by Gasteiger charge is 2.33. The predicted octanol–water partition coefficient (Wildman–Crippen LogP) is 5.44. The van der Waals surface area contributed by atoms with Gasteiger partial charge in [-0.15, -0.1) is 11.3 Å². The van der Waals surface area contributed by atoms with Crippen molar-refractivity contribution in [2.75, 3.05) is 18.4 Å². The van der Waals surface area contributed by atoms with Crippen molar-refractivity contribution in [3.63, 3.8) is 0 Å². The van der Waals surface area contributed by atoms with E-state index in [2.05, 4.69) is 15.3 Å². The summed E-state index contributed by atoms with van der Waals surface area (Å²) < 4.78 is 6.03. The van der Waals surface area contributed by atoms with Crippen LogP contribution in [-0.4, -0.2) is 39.8 Å². The number of thiophene rings is 1. The number of pyridine rings is 1. The number of anilines is 1. The van der Waals surface area contributed by atoms with Crippen LogP contribution in [0.4, 0.5) is 5.00 Å². The number of rotatable bonds is 4. The molecular formula is C27H26N4O3S. The Morgan fingerprint density at radius 1 is 1.09 bits per heavy atom. The Hall–Kier alpha value is -3.52. The number of carbonyl (C=O) groups excluding carboxylic acids is 2. The van der Waals surface area contributed by atoms with E-state index in [9.17, 15) is 9.59 Å². The van der Waals surface area contributed by atoms with Crippen molar-refractivity contribution in [2.45, 2.75) is 44.4 Å². The summed E-state index contributed by atoms with van der Waals surface area (Å²) in [6, 6.07) is 11.2. The molecule has 2 amide bonds. The molecule has 35 heavy (non-hydrogen) atoms. The second-order valence-electron chi connectivity index (χ2n) is 9.22. The number of nitrogens with zero attached hydrogens (tertiary/aromatic N) is 3. The molecule has 0 saturated carbocycles. The number of amides is 2. The van der Waals surface area contributed by atoms with Crippen LogP contribution in [0.3, 0.4) is 0 Å². The maximum Gasteiger partial charge on any atom is 0.257 e. The van der Waals surface area contributed by atoms with Crippen molar-refractivity contribution >= 4 is 39.3 Å². The van der Waals surface area contributed by atoms with Gasteiger partial charge >= 0.3 is 0 Å². The molecule has 0 spiro atoms. The van der Waals surface area contributed by atoms with Crippen LogP contribution in [0, 0.1) is 0 Å². The SMILES string of the molecule is O=C(Nc1sc2c(c1C(=O)N1CCCC(c3nc4ccccc4o3)C1)CCCC2)c1cccnc1. The summed E-state index contributed by atoms with van der Waals surface area (Å²) in [6.45, 7) is 1.25. The predicted molar refractivity (Wildman–Crippen MR) is 135 cm³/mol. The van der Waals surface area contributed by atoms with Crippen molar-refractivity contribution in [1.82, 2.24) is 14.9 Å². The van der Waals surface area contributed by atoms with Crippen LogP contribution >= 0.6 is 11.3 Å². The monoisotopic (exact) mass is 486 g/mol. The molecule has 4 aromatic rings. The van der Waals surface area contributed by atoms with Gasteiger partial charge in [-0.1, -0.05) is 12.1 Å². The molecule has 0 bridgehead atoms. The van der Waals surface area contributed by atoms with E-state index in [0.29, 0.717) is 35.1 Å². The lowest BCUT2D eigenvalue weighted by molar-refractivity contribution is 0.0699. The average Bonchev–Trinajstić information content (AvgIpc) is 3.50. The number of aryl methyl sites for hydroxylation is 1. The Labute approximate surface area is 207 Å². The maximum absolute atomic E-state index is 13.9. The Kier molecular flexibility index (Phi) is 5.82. The van der Waals surface area contributed by atoms with Crippen molar-refractivity contribution in [1.29, 1.82) is 0 Å². The molecule has 178 valence electrons. The van der Waals surface area contributed by atoms with Crippen LogP contribution in [0.5, 0.6) is 0 Å². The number of para-hydroxylation sites is 2. The molecule has 0 radical (unpaired) electrons. The second-order valence-corrected chi connectivity index (χ2v) is 10.3. The summed E-state index contributed by atoms with van der Waals surface area (Å²) in [5.41, 5.74) is 3.87. The molecule has 7 nitrogen and oxygen atoms in total. The number of nitrogens with one attached hydrogen (secondary N) is 1. The summed E-state index contributed by atoms with van der Waals surface area (Å²) in [6.07, 6.45) is 9.00. The Bertz CT molecular complexity index is 1360. The first-order valence-corrected chi connectivity index (χ1v) is 13.0. The first kappa shape index (κ1) is 22.0. The van der Waals surface area contributed by atoms with Gasteiger partial charge in [0.2, 0.25) is 0 Å². The molecule has 4 heterocycles. The van der Waals surface area contributed by atoms with Crippen LogP contribution in [0.2, 0.25) is 0 Å². The van der Waals surface area contributed by atoms with Crippen LogP contribution in [-0.2, 0) is 12.8 Å². The number of carbonyl (C=O) groups is 2. The van der Waals surface area contributed by atoms with Gasteiger partial charge in [0.15, 0.2) is 11.5 Å². The van der Waals surface area contributed by atoms with E-state index >= 15 is 0 Å². The highest BCUT2D eigenvalue weighted by Crippen LogP contribution is 2.40. The third kappa shape index (κ3) is 4.23. The summed E-state index contributed by atoms with van der Waals surface area (Å²) in [7, 11) is 0. The summed E-state index contributed by atoms with van der Waals surface area (Å²) in [5.74, 6) is 0.504. The van der Waals surface area contributed by atoms with Gasteiger partial charge in [0.25, 0.3) is 11.8 Å². The number of benzene rings is 1. The van der Waals surface area contributed by atoms with Crippen molar-refractivity contribution < 1.29 is 14.0 Å². The van der Waals surface area contributed by atoms with E-state index in [1.807, 2.05) is 29.2 Å². The number of aromatic nitrogens is 2. The van der Waals surface area contributed by atoms with Gasteiger partial charge in [0.05, 0.1) is 17.0 Å². The lowest BCUT2D eigenvalue weighted by atomic mass is 9.93. The number of hydrogen-bond donors (Lipinski definition) is 1. The molecule has 1 atom stereocenters. The molecular weight excluding hydrogens is 460 g/mol. The Morgan fingerprint density at radius 3 is 2.83 bits per heavy atom. The summed E-state index contributed by atoms with van der Waals surface area (Å²) in [5, 5.41) is 3.68. The third-order valence-electron chi connectivity index (χ3n) is 6.90. The Balaban J connectivity index is 1.29. The van der Waals surface area contributed by atoms with Crippen LogP contribution in [0.15, 0.2) is 53.2 Å². The van der Waals surface area contributed by atoms with Crippen molar-refractivity contribution in [3.05, 3.63) is 76.3 Å². The van der Waals surface area contributed by atoms with E-state index in [4.69, 9.17) is 4.42 Å². The van der Waals surface area contributed by atoms with E-state index in [0.717, 1.165) is 55.2 Å². The van der Waals surface area contributed by atoms with Gasteiger partial charge in [-0.05, 0) is 68.4 Å². The molecule has 1 unspecified atom stereocenters. The smallest absolute Gasteiger partial charge is 0.257 e. The fourth-order valence-electron chi connectivity index (χ4n) is 5.14. The van der Waals surface area contributed by atoms with E-state index in [1.165, 1.54) is 4.88 Å². The third-order valence-corrected chi connectivity index (χ3v) is 8.11. The molecule has 8 heteroatoms. The number of piperidine rings is 1. The first-order valence-electron chi connectivity index (χ1n) is 12.2. The lowest BCUT2D eigenvalue weighted by Crippen LogP contribution is -2.39. The van der Waals surface area contributed by atoms with Crippen LogP contribution < -0.4 is 5.32 Å². The van der Waals surface area contributed by atoms with Gasteiger partial charge < -0.3 is 14.6 Å². The molecule has 1 aliphatic heterocycles. The van der Waals surface area contributed by atoms with Gasteiger partial charge in [-0.25, -0.2) is 4.98 Å². The number of oxazole rings is 1. The minimum absolute atomic E-state index is 0.00769. The summed E-state index contributed by atoms with van der Waals surface area (Å²) in [4.78, 5) is 38.7. The topological polar surface area (TPSA) is 88.3 Å². The zero-order chi connectivity index (χ0) is 23.8. The molecule has 1 saturated heterocycles. The maximum atomic E-state index is 13.9. The highest BCUT2D eigenvalue weighted by atomic mass is 32.1. The van der Waals surface area contributed by atoms with E-state index in [-0.39, 0.29) is 17.7 Å². The normalized spacial score (nSPS) is 17.8. The molecule has 2 aliphatic rings. The van der Waals surface area contributed by atoms with Gasteiger partial charge in [0.1, 0.15) is 10.5 Å². The molecule has 6 rings (SSSR count). The van der Waals surface area contributed by atoms with E-state index in [1.54, 1.807) is 35.9 Å².